The molecule has 5 rings (SSSR count). The lowest BCUT2D eigenvalue weighted by atomic mass is 10.0. The molecule has 0 bridgehead atoms. The molecule has 0 spiro atoms. The van der Waals surface area contributed by atoms with Crippen LogP contribution in [0.25, 0.3) is 33.1 Å². The fraction of sp³-hybridized carbons (Fsp3) is 0. The van der Waals surface area contributed by atoms with E-state index in [1.165, 1.54) is 0 Å². The number of para-hydroxylation sites is 1. The highest BCUT2D eigenvalue weighted by Crippen LogP contribution is 2.37. The summed E-state index contributed by atoms with van der Waals surface area (Å²) in [5.74, 6) is -0.718. The van der Waals surface area contributed by atoms with Gasteiger partial charge in [0.15, 0.2) is 5.69 Å². The summed E-state index contributed by atoms with van der Waals surface area (Å²) < 4.78 is 0. The Hall–Kier alpha value is -4.03. The van der Waals surface area contributed by atoms with Crippen molar-refractivity contribution in [2.24, 2.45) is 10.2 Å². The SMILES string of the molecule is O=C(N=Nc1c(O)[nH]c2ccc(Cl)cc12)c1cc(-c2ccccc2)nc2ccccc12. The maximum atomic E-state index is 13.0. The van der Waals surface area contributed by atoms with Crippen LogP contribution in [0.2, 0.25) is 5.02 Å². The van der Waals surface area contributed by atoms with E-state index in [0.29, 0.717) is 38.1 Å². The number of benzene rings is 3. The highest BCUT2D eigenvalue weighted by molar-refractivity contribution is 6.31. The number of H-pyrrole nitrogens is 1. The Morgan fingerprint density at radius 3 is 2.55 bits per heavy atom. The van der Waals surface area contributed by atoms with E-state index in [2.05, 4.69) is 20.2 Å². The maximum absolute atomic E-state index is 13.0. The summed E-state index contributed by atoms with van der Waals surface area (Å²) in [7, 11) is 0. The average Bonchev–Trinajstić information content (AvgIpc) is 3.11. The lowest BCUT2D eigenvalue weighted by Gasteiger charge is -2.07. The van der Waals surface area contributed by atoms with Gasteiger partial charge in [-0.1, -0.05) is 60.1 Å². The van der Waals surface area contributed by atoms with E-state index in [1.807, 2.05) is 54.6 Å². The Bertz CT molecular complexity index is 1480. The highest BCUT2D eigenvalue weighted by Gasteiger charge is 2.15. The number of nitrogens with zero attached hydrogens (tertiary/aromatic N) is 3. The van der Waals surface area contributed by atoms with E-state index >= 15 is 0 Å². The van der Waals surface area contributed by atoms with Crippen molar-refractivity contribution >= 4 is 45.0 Å². The summed E-state index contributed by atoms with van der Waals surface area (Å²) in [5, 5.41) is 19.9. The second-order valence-corrected chi connectivity index (χ2v) is 7.39. The number of rotatable bonds is 3. The van der Waals surface area contributed by atoms with Crippen molar-refractivity contribution in [3.8, 4) is 17.1 Å². The third-order valence-corrected chi connectivity index (χ3v) is 5.21. The molecule has 0 unspecified atom stereocenters. The van der Waals surface area contributed by atoms with Crippen molar-refractivity contribution in [2.45, 2.75) is 0 Å². The van der Waals surface area contributed by atoms with E-state index in [4.69, 9.17) is 11.6 Å². The molecule has 0 atom stereocenters. The van der Waals surface area contributed by atoms with Gasteiger partial charge in [-0.25, -0.2) is 4.98 Å². The molecule has 1 amide bonds. The molecule has 5 aromatic rings. The molecule has 2 heterocycles. The number of carbonyl (C=O) groups excluding carboxylic acids is 1. The summed E-state index contributed by atoms with van der Waals surface area (Å²) in [6.07, 6.45) is 0. The number of azo groups is 1. The van der Waals surface area contributed by atoms with Crippen molar-refractivity contribution in [3.63, 3.8) is 0 Å². The van der Waals surface area contributed by atoms with Crippen molar-refractivity contribution in [1.82, 2.24) is 9.97 Å². The number of carbonyl (C=O) groups is 1. The van der Waals surface area contributed by atoms with Crippen molar-refractivity contribution in [2.75, 3.05) is 0 Å². The molecule has 2 N–H and O–H groups in total. The zero-order valence-electron chi connectivity index (χ0n) is 16.1. The van der Waals surface area contributed by atoms with Gasteiger partial charge in [0.1, 0.15) is 0 Å². The lowest BCUT2D eigenvalue weighted by Crippen LogP contribution is -1.98. The van der Waals surface area contributed by atoms with Crippen LogP contribution in [-0.2, 0) is 0 Å². The molecule has 3 aromatic carbocycles. The van der Waals surface area contributed by atoms with Crippen LogP contribution in [0.15, 0.2) is 89.1 Å². The number of fused-ring (bicyclic) bond motifs is 2. The molecule has 0 aliphatic rings. The molecule has 6 nitrogen and oxygen atoms in total. The fourth-order valence-electron chi connectivity index (χ4n) is 3.50. The summed E-state index contributed by atoms with van der Waals surface area (Å²) in [5.41, 5.74) is 3.42. The minimum absolute atomic E-state index is 0.160. The summed E-state index contributed by atoms with van der Waals surface area (Å²) in [6.45, 7) is 0. The van der Waals surface area contributed by atoms with Crippen molar-refractivity contribution < 1.29 is 9.90 Å². The molecule has 0 aliphatic carbocycles. The summed E-state index contributed by atoms with van der Waals surface area (Å²) in [4.78, 5) is 20.5. The number of nitrogens with one attached hydrogen (secondary N) is 1. The molecule has 2 aromatic heterocycles. The Morgan fingerprint density at radius 2 is 1.71 bits per heavy atom. The van der Waals surface area contributed by atoms with Gasteiger partial charge in [-0.3, -0.25) is 4.79 Å². The molecule has 0 radical (unpaired) electrons. The number of hydrogen-bond acceptors (Lipinski definition) is 4. The first-order chi connectivity index (χ1) is 15.1. The van der Waals surface area contributed by atoms with E-state index in [9.17, 15) is 9.90 Å². The fourth-order valence-corrected chi connectivity index (χ4v) is 3.67. The second-order valence-electron chi connectivity index (χ2n) is 6.96. The van der Waals surface area contributed by atoms with E-state index < -0.39 is 5.91 Å². The molecular formula is C24H15ClN4O2. The molecule has 0 saturated heterocycles. The highest BCUT2D eigenvalue weighted by atomic mass is 35.5. The van der Waals surface area contributed by atoms with Crippen LogP contribution in [-0.4, -0.2) is 21.0 Å². The van der Waals surface area contributed by atoms with Crippen LogP contribution in [0.5, 0.6) is 5.88 Å². The van der Waals surface area contributed by atoms with Crippen LogP contribution in [0.1, 0.15) is 10.4 Å². The Labute approximate surface area is 181 Å². The zero-order valence-corrected chi connectivity index (χ0v) is 16.8. The van der Waals surface area contributed by atoms with Gasteiger partial charge < -0.3 is 10.1 Å². The number of aromatic amines is 1. The molecule has 0 fully saturated rings. The Kier molecular flexibility index (Phi) is 4.69. The largest absolute Gasteiger partial charge is 0.493 e. The lowest BCUT2D eigenvalue weighted by molar-refractivity contribution is 0.0996. The number of aromatic nitrogens is 2. The van der Waals surface area contributed by atoms with Crippen molar-refractivity contribution in [1.29, 1.82) is 0 Å². The number of amides is 1. The van der Waals surface area contributed by atoms with Gasteiger partial charge in [-0.2, -0.15) is 0 Å². The van der Waals surface area contributed by atoms with E-state index in [1.54, 1.807) is 24.3 Å². The Balaban J connectivity index is 1.60. The summed E-state index contributed by atoms with van der Waals surface area (Å²) in [6, 6.07) is 23.8. The molecule has 31 heavy (non-hydrogen) atoms. The standard InChI is InChI=1S/C24H15ClN4O2/c25-15-10-11-20-18(12-15)22(24(31)27-20)28-29-23(30)17-13-21(14-6-2-1-3-7-14)26-19-9-5-4-8-16(17)19/h1-13,27,31H. The van der Waals surface area contributed by atoms with Gasteiger partial charge in [0.25, 0.3) is 5.91 Å². The van der Waals surface area contributed by atoms with Gasteiger partial charge in [-0.05, 0) is 30.3 Å². The summed E-state index contributed by atoms with van der Waals surface area (Å²) >= 11 is 6.06. The predicted molar refractivity (Wildman–Crippen MR) is 121 cm³/mol. The topological polar surface area (TPSA) is 90.7 Å². The van der Waals surface area contributed by atoms with Crippen LogP contribution < -0.4 is 0 Å². The number of hydrogen-bond donors (Lipinski definition) is 2. The van der Waals surface area contributed by atoms with Gasteiger partial charge in [0, 0.05) is 21.4 Å². The molecule has 7 heteroatoms. The monoisotopic (exact) mass is 426 g/mol. The second kappa shape index (κ2) is 7.66. The van der Waals surface area contributed by atoms with Crippen LogP contribution in [0.4, 0.5) is 5.69 Å². The Morgan fingerprint density at radius 1 is 0.935 bits per heavy atom. The first-order valence-electron chi connectivity index (χ1n) is 9.51. The molecule has 0 saturated carbocycles. The molecule has 150 valence electrons. The van der Waals surface area contributed by atoms with Gasteiger partial charge in [0.2, 0.25) is 5.88 Å². The van der Waals surface area contributed by atoms with Gasteiger partial charge in [0.05, 0.1) is 22.3 Å². The maximum Gasteiger partial charge on any atom is 0.296 e. The minimum Gasteiger partial charge on any atom is -0.493 e. The third kappa shape index (κ3) is 3.53. The number of aromatic hydroxyl groups is 1. The minimum atomic E-state index is -0.536. The van der Waals surface area contributed by atoms with Crippen LogP contribution in [0, 0.1) is 0 Å². The van der Waals surface area contributed by atoms with Crippen LogP contribution in [0.3, 0.4) is 0 Å². The zero-order chi connectivity index (χ0) is 21.4. The normalized spacial score (nSPS) is 11.5. The van der Waals surface area contributed by atoms with E-state index in [-0.39, 0.29) is 11.6 Å². The van der Waals surface area contributed by atoms with Gasteiger partial charge in [-0.15, -0.1) is 10.2 Å². The molecular weight excluding hydrogens is 412 g/mol. The first kappa shape index (κ1) is 19.0. The third-order valence-electron chi connectivity index (χ3n) is 4.97. The average molecular weight is 427 g/mol. The number of pyridine rings is 1. The first-order valence-corrected chi connectivity index (χ1v) is 9.89. The van der Waals surface area contributed by atoms with E-state index in [0.717, 1.165) is 5.56 Å². The number of halogens is 1. The van der Waals surface area contributed by atoms with Gasteiger partial charge >= 0.3 is 0 Å². The van der Waals surface area contributed by atoms with Crippen LogP contribution >= 0.6 is 11.6 Å². The predicted octanol–water partition coefficient (Wildman–Crippen LogP) is 6.67. The quantitative estimate of drug-likeness (QED) is 0.316. The smallest absolute Gasteiger partial charge is 0.296 e. The van der Waals surface area contributed by atoms with Crippen molar-refractivity contribution in [3.05, 3.63) is 89.4 Å². The molecule has 0 aliphatic heterocycles.